The molecular formula is C35H39FN4O3S. The molecule has 2 aromatic heterocycles. The van der Waals surface area contributed by atoms with Crippen LogP contribution in [0.15, 0.2) is 88.1 Å². The number of halogens is 1. The number of benzene rings is 1. The van der Waals surface area contributed by atoms with Gasteiger partial charge in [0.1, 0.15) is 11.5 Å². The number of carbonyl (C=O) groups excluding carboxylic acids is 1. The molecule has 0 spiro atoms. The minimum absolute atomic E-state index is 0.0332. The van der Waals surface area contributed by atoms with E-state index in [2.05, 4.69) is 28.7 Å². The van der Waals surface area contributed by atoms with E-state index < -0.39 is 11.4 Å². The summed E-state index contributed by atoms with van der Waals surface area (Å²) in [6.07, 6.45) is 11.9. The predicted octanol–water partition coefficient (Wildman–Crippen LogP) is 6.11. The summed E-state index contributed by atoms with van der Waals surface area (Å²) < 4.78 is 16.8. The number of nitrogens with one attached hydrogen (secondary N) is 1. The molecule has 1 aromatic carbocycles. The molecule has 44 heavy (non-hydrogen) atoms. The van der Waals surface area contributed by atoms with Crippen molar-refractivity contribution in [2.45, 2.75) is 70.5 Å². The quantitative estimate of drug-likeness (QED) is 0.206. The number of hydrogen-bond donors (Lipinski definition) is 1. The molecule has 3 aromatic rings. The molecular weight excluding hydrogens is 575 g/mol. The maximum atomic E-state index is 13.9. The number of thioether (sulfide) groups is 1. The van der Waals surface area contributed by atoms with Crippen molar-refractivity contribution in [3.8, 4) is 11.8 Å². The molecule has 0 unspecified atom stereocenters. The Balaban J connectivity index is 0.000000236. The zero-order valence-electron chi connectivity index (χ0n) is 25.3. The van der Waals surface area contributed by atoms with Gasteiger partial charge in [-0.3, -0.25) is 18.7 Å². The van der Waals surface area contributed by atoms with Crippen molar-refractivity contribution in [2.75, 3.05) is 11.5 Å². The van der Waals surface area contributed by atoms with Crippen LogP contribution in [0.5, 0.6) is 0 Å². The molecule has 0 bridgehead atoms. The van der Waals surface area contributed by atoms with Crippen LogP contribution in [0.25, 0.3) is 11.0 Å². The second-order valence-electron chi connectivity index (χ2n) is 10.9. The summed E-state index contributed by atoms with van der Waals surface area (Å²) in [5.74, 6) is 7.57. The molecule has 5 rings (SSSR count). The molecule has 2 aliphatic rings. The minimum atomic E-state index is -0.584. The van der Waals surface area contributed by atoms with Gasteiger partial charge in [0.05, 0.1) is 11.6 Å². The largest absolute Gasteiger partial charge is 0.356 e. The Morgan fingerprint density at radius 3 is 2.39 bits per heavy atom. The number of amides is 1. The van der Waals surface area contributed by atoms with E-state index in [0.717, 1.165) is 47.3 Å². The summed E-state index contributed by atoms with van der Waals surface area (Å²) in [5, 5.41) is 2.93. The van der Waals surface area contributed by atoms with Crippen molar-refractivity contribution in [3.05, 3.63) is 111 Å². The van der Waals surface area contributed by atoms with Crippen LogP contribution in [-0.4, -0.2) is 38.1 Å². The number of fused-ring (bicyclic) bond motifs is 1. The van der Waals surface area contributed by atoms with E-state index in [1.165, 1.54) is 10.6 Å². The van der Waals surface area contributed by atoms with Crippen LogP contribution >= 0.6 is 11.8 Å². The molecule has 1 N–H and O–H groups in total. The lowest BCUT2D eigenvalue weighted by Crippen LogP contribution is -2.46. The molecule has 3 heterocycles. The molecule has 1 saturated carbocycles. The second-order valence-corrected chi connectivity index (χ2v) is 12.2. The standard InChI is InChI=1S/C19H23FN4O3S.C16H16/c20-12-9-16-17(21-10-12)23(15-5-7-28-8-6-15)19(27)24(18(16)26)14-3-1-13(2-4-14)22-11-25;1-4-14(3)13-15(5-2)11-12-16-9-7-6-8-10-16/h9-11,13-15H,1-8H2,(H,22,25);4-10,13H,1H2,2-3H3/b;14-13-,15-5-. The maximum Gasteiger partial charge on any atom is 0.333 e. The van der Waals surface area contributed by atoms with Crippen LogP contribution in [0.1, 0.15) is 70.0 Å². The number of carbonyl (C=O) groups is 1. The van der Waals surface area contributed by atoms with Crippen LogP contribution in [-0.2, 0) is 4.79 Å². The first-order valence-electron chi connectivity index (χ1n) is 15.0. The van der Waals surface area contributed by atoms with Gasteiger partial charge in [0.2, 0.25) is 6.41 Å². The number of rotatable bonds is 6. The van der Waals surface area contributed by atoms with Gasteiger partial charge in [-0.1, -0.05) is 54.3 Å². The van der Waals surface area contributed by atoms with Crippen LogP contribution in [0.4, 0.5) is 4.39 Å². The van der Waals surface area contributed by atoms with Gasteiger partial charge >= 0.3 is 5.69 Å². The van der Waals surface area contributed by atoms with Crippen molar-refractivity contribution in [3.63, 3.8) is 0 Å². The molecule has 2 fully saturated rings. The number of hydrogen-bond acceptors (Lipinski definition) is 5. The zero-order valence-corrected chi connectivity index (χ0v) is 26.1. The highest BCUT2D eigenvalue weighted by atomic mass is 32.2. The highest BCUT2D eigenvalue weighted by molar-refractivity contribution is 7.99. The van der Waals surface area contributed by atoms with Crippen LogP contribution in [0.2, 0.25) is 0 Å². The lowest BCUT2D eigenvalue weighted by Gasteiger charge is -2.31. The van der Waals surface area contributed by atoms with E-state index in [0.29, 0.717) is 32.1 Å². The Kier molecular flexibility index (Phi) is 12.0. The first kappa shape index (κ1) is 32.7. The molecule has 7 nitrogen and oxygen atoms in total. The lowest BCUT2D eigenvalue weighted by atomic mass is 9.91. The van der Waals surface area contributed by atoms with Gasteiger partial charge in [-0.2, -0.15) is 11.8 Å². The van der Waals surface area contributed by atoms with Crippen molar-refractivity contribution in [1.82, 2.24) is 19.4 Å². The number of allylic oxidation sites excluding steroid dienone is 5. The third-order valence-corrected chi connectivity index (χ3v) is 9.03. The van der Waals surface area contributed by atoms with Gasteiger partial charge in [-0.15, -0.1) is 0 Å². The molecule has 1 amide bonds. The monoisotopic (exact) mass is 614 g/mol. The highest BCUT2D eigenvalue weighted by Crippen LogP contribution is 2.30. The van der Waals surface area contributed by atoms with Crippen molar-refractivity contribution in [2.24, 2.45) is 0 Å². The first-order chi connectivity index (χ1) is 21.4. The summed E-state index contributed by atoms with van der Waals surface area (Å²) in [6, 6.07) is 11.0. The lowest BCUT2D eigenvalue weighted by molar-refractivity contribution is -0.110. The molecule has 0 radical (unpaired) electrons. The normalized spacial score (nSPS) is 19.2. The van der Waals surface area contributed by atoms with E-state index in [-0.39, 0.29) is 34.8 Å². The third kappa shape index (κ3) is 8.26. The molecule has 9 heteroatoms. The van der Waals surface area contributed by atoms with Gasteiger partial charge in [0.25, 0.3) is 5.56 Å². The van der Waals surface area contributed by atoms with E-state index >= 15 is 0 Å². The fraction of sp³-hybridized carbons (Fsp3) is 0.371. The average molecular weight is 615 g/mol. The smallest absolute Gasteiger partial charge is 0.333 e. The Bertz CT molecular complexity index is 1700. The van der Waals surface area contributed by atoms with E-state index in [1.54, 1.807) is 4.57 Å². The van der Waals surface area contributed by atoms with Gasteiger partial charge in [-0.25, -0.2) is 14.2 Å². The van der Waals surface area contributed by atoms with Gasteiger partial charge in [-0.05, 0) is 88.2 Å². The number of pyridine rings is 1. The van der Waals surface area contributed by atoms with Crippen molar-refractivity contribution < 1.29 is 9.18 Å². The fourth-order valence-corrected chi connectivity index (χ4v) is 6.64. The zero-order chi connectivity index (χ0) is 31.5. The molecule has 230 valence electrons. The summed E-state index contributed by atoms with van der Waals surface area (Å²) in [7, 11) is 0. The summed E-state index contributed by atoms with van der Waals surface area (Å²) in [4.78, 5) is 41.3. The summed E-state index contributed by atoms with van der Waals surface area (Å²) >= 11 is 1.85. The van der Waals surface area contributed by atoms with Crippen molar-refractivity contribution in [1.29, 1.82) is 0 Å². The van der Waals surface area contributed by atoms with Crippen LogP contribution in [0.3, 0.4) is 0 Å². The summed E-state index contributed by atoms with van der Waals surface area (Å²) in [5.41, 5.74) is 2.63. The van der Waals surface area contributed by atoms with Crippen LogP contribution in [0, 0.1) is 17.7 Å². The van der Waals surface area contributed by atoms with E-state index in [1.807, 2.05) is 74.2 Å². The van der Waals surface area contributed by atoms with Gasteiger partial charge < -0.3 is 5.32 Å². The Morgan fingerprint density at radius 1 is 1.07 bits per heavy atom. The molecule has 1 aliphatic carbocycles. The number of aromatic nitrogens is 3. The Morgan fingerprint density at radius 2 is 1.75 bits per heavy atom. The SMILES string of the molecule is C=C/C(C)=C\C(C#Cc1ccccc1)=C/C.O=CNC1CCC(n2c(=O)c3cc(F)cnc3n(C3CCSCC3)c2=O)CC1. The van der Waals surface area contributed by atoms with Gasteiger partial charge in [0, 0.05) is 29.3 Å². The first-order valence-corrected chi connectivity index (χ1v) is 16.2. The fourth-order valence-electron chi connectivity index (χ4n) is 5.56. The molecule has 1 aliphatic heterocycles. The van der Waals surface area contributed by atoms with E-state index in [4.69, 9.17) is 0 Å². The second kappa shape index (κ2) is 16.1. The van der Waals surface area contributed by atoms with Crippen molar-refractivity contribution >= 4 is 29.2 Å². The topological polar surface area (TPSA) is 86.0 Å². The average Bonchev–Trinajstić information content (AvgIpc) is 3.05. The highest BCUT2D eigenvalue weighted by Gasteiger charge is 2.29. The minimum Gasteiger partial charge on any atom is -0.356 e. The summed E-state index contributed by atoms with van der Waals surface area (Å²) in [6.45, 7) is 7.73. The van der Waals surface area contributed by atoms with E-state index in [9.17, 15) is 18.8 Å². The predicted molar refractivity (Wildman–Crippen MR) is 177 cm³/mol. The maximum absolute atomic E-state index is 13.9. The van der Waals surface area contributed by atoms with Crippen LogP contribution < -0.4 is 16.6 Å². The molecule has 0 atom stereocenters. The Hall–Kier alpha value is -4.16. The third-order valence-electron chi connectivity index (χ3n) is 7.99. The molecule has 1 saturated heterocycles. The number of nitrogens with zero attached hydrogens (tertiary/aromatic N) is 3. The Labute approximate surface area is 262 Å². The van der Waals surface area contributed by atoms with Gasteiger partial charge in [0.15, 0.2) is 0 Å².